The number of benzene rings is 1. The first-order chi connectivity index (χ1) is 19.2. The van der Waals surface area contributed by atoms with E-state index in [0.29, 0.717) is 46.2 Å². The van der Waals surface area contributed by atoms with Crippen LogP contribution in [0.5, 0.6) is 11.5 Å². The van der Waals surface area contributed by atoms with E-state index in [2.05, 4.69) is 17.1 Å². The zero-order valence-electron chi connectivity index (χ0n) is 24.9. The van der Waals surface area contributed by atoms with Crippen molar-refractivity contribution in [1.82, 2.24) is 15.0 Å². The highest BCUT2D eigenvalue weighted by atomic mass is 16.5. The largest absolute Gasteiger partial charge is 0.493 e. The Morgan fingerprint density at radius 3 is 2.58 bits per heavy atom. The summed E-state index contributed by atoms with van der Waals surface area (Å²) in [7, 11) is 5.02. The average molecular weight is 554 g/mol. The highest BCUT2D eigenvalue weighted by molar-refractivity contribution is 5.85. The molecule has 4 saturated carbocycles. The maximum atomic E-state index is 13.9. The second-order valence-electron chi connectivity index (χ2n) is 13.9. The van der Waals surface area contributed by atoms with Gasteiger partial charge in [-0.15, -0.1) is 5.10 Å². The van der Waals surface area contributed by atoms with Crippen LogP contribution in [0, 0.1) is 40.4 Å². The quantitative estimate of drug-likeness (QED) is 0.465. The summed E-state index contributed by atoms with van der Waals surface area (Å²) in [5, 5.41) is 20.2. The molecule has 0 saturated heterocycles. The molecule has 1 N–H and O–H groups in total. The molecule has 8 nitrogen and oxygen atoms in total. The Hall–Kier alpha value is -2.19. The second kappa shape index (κ2) is 10.3. The van der Waals surface area contributed by atoms with Crippen molar-refractivity contribution in [2.24, 2.45) is 40.4 Å². The summed E-state index contributed by atoms with van der Waals surface area (Å²) in [6.07, 6.45) is 10.8. The lowest BCUT2D eigenvalue weighted by Gasteiger charge is -2.63. The molecule has 0 radical (unpaired) electrons. The number of carbonyl (C=O) groups excluding carboxylic acids is 1. The number of ketones is 1. The Morgan fingerprint density at radius 2 is 1.82 bits per heavy atom. The molecule has 220 valence electrons. The van der Waals surface area contributed by atoms with Crippen LogP contribution in [-0.4, -0.2) is 59.4 Å². The molecule has 4 aliphatic carbocycles. The van der Waals surface area contributed by atoms with Crippen LogP contribution in [0.4, 0.5) is 0 Å². The lowest BCUT2D eigenvalue weighted by Crippen LogP contribution is -2.57. The summed E-state index contributed by atoms with van der Waals surface area (Å²) in [6.45, 7) is 5.43. The van der Waals surface area contributed by atoms with Crippen molar-refractivity contribution in [3.8, 4) is 11.5 Å². The highest BCUT2D eigenvalue weighted by Gasteiger charge is 2.62. The number of rotatable bonds is 8. The van der Waals surface area contributed by atoms with Gasteiger partial charge in [-0.3, -0.25) is 4.79 Å². The van der Waals surface area contributed by atoms with Gasteiger partial charge in [0.2, 0.25) is 0 Å². The highest BCUT2D eigenvalue weighted by Crippen LogP contribution is 2.69. The van der Waals surface area contributed by atoms with Crippen molar-refractivity contribution in [3.63, 3.8) is 0 Å². The maximum absolute atomic E-state index is 13.9. The normalized spacial score (nSPS) is 38.9. The van der Waals surface area contributed by atoms with Crippen molar-refractivity contribution >= 4 is 16.8 Å². The van der Waals surface area contributed by atoms with E-state index in [9.17, 15) is 9.90 Å². The number of hydrogen-bond acceptors (Lipinski definition) is 7. The minimum absolute atomic E-state index is 0.0289. The number of nitrogens with zero attached hydrogens (tertiary/aromatic N) is 3. The molecule has 0 aliphatic heterocycles. The van der Waals surface area contributed by atoms with Gasteiger partial charge < -0.3 is 19.3 Å². The number of fused-ring (bicyclic) bond motifs is 6. The van der Waals surface area contributed by atoms with Crippen molar-refractivity contribution in [2.45, 2.75) is 90.2 Å². The minimum atomic E-state index is -0.539. The number of methoxy groups -OCH3 is 3. The van der Waals surface area contributed by atoms with E-state index >= 15 is 0 Å². The van der Waals surface area contributed by atoms with Gasteiger partial charge in [-0.05, 0) is 118 Å². The SMILES string of the molecule is COCC[C@]12CC[C@@](C)(O)C[C@@H]1CC[C@H]1[C@@H]3CC[C@H](C(=O)Cn4nc5ccc(OC)c(OC)c5n4)[C@@]3(C)CC[C@@H]12. The Kier molecular flexibility index (Phi) is 7.17. The van der Waals surface area contributed by atoms with Crippen LogP contribution in [0.2, 0.25) is 0 Å². The topological polar surface area (TPSA) is 95.7 Å². The molecular formula is C32H47N3O5. The summed E-state index contributed by atoms with van der Waals surface area (Å²) in [6, 6.07) is 3.68. The molecule has 2 aromatic rings. The van der Waals surface area contributed by atoms with Crippen LogP contribution in [-0.2, 0) is 16.1 Å². The fourth-order valence-corrected chi connectivity index (χ4v) is 10.2. The molecule has 6 rings (SSSR count). The van der Waals surface area contributed by atoms with Gasteiger partial charge in [-0.1, -0.05) is 6.92 Å². The third kappa shape index (κ3) is 4.36. The molecule has 0 bridgehead atoms. The molecule has 0 amide bonds. The van der Waals surface area contributed by atoms with Gasteiger partial charge in [-0.2, -0.15) is 9.90 Å². The number of carbonyl (C=O) groups is 1. The summed E-state index contributed by atoms with van der Waals surface area (Å²) >= 11 is 0. The van der Waals surface area contributed by atoms with Crippen molar-refractivity contribution < 1.29 is 24.1 Å². The summed E-state index contributed by atoms with van der Waals surface area (Å²) in [5.41, 5.74) is 1.08. The summed E-state index contributed by atoms with van der Waals surface area (Å²) in [4.78, 5) is 15.4. The van der Waals surface area contributed by atoms with E-state index in [1.54, 1.807) is 19.0 Å². The summed E-state index contributed by atoms with van der Waals surface area (Å²) in [5.74, 6) is 3.95. The Morgan fingerprint density at radius 1 is 1.00 bits per heavy atom. The van der Waals surface area contributed by atoms with Gasteiger partial charge >= 0.3 is 0 Å². The molecule has 1 aromatic carbocycles. The van der Waals surface area contributed by atoms with Gasteiger partial charge in [-0.25, -0.2) is 0 Å². The van der Waals surface area contributed by atoms with E-state index in [0.717, 1.165) is 51.6 Å². The second-order valence-corrected chi connectivity index (χ2v) is 13.9. The predicted octanol–water partition coefficient (Wildman–Crippen LogP) is 5.44. The van der Waals surface area contributed by atoms with Crippen LogP contribution in [0.15, 0.2) is 12.1 Å². The molecule has 0 spiro atoms. The van der Waals surface area contributed by atoms with E-state index in [1.165, 1.54) is 19.3 Å². The minimum Gasteiger partial charge on any atom is -0.493 e. The molecule has 4 fully saturated rings. The number of Topliss-reactive ketones (excluding diaryl/α,β-unsaturated/α-hetero) is 1. The molecule has 8 atom stereocenters. The molecule has 1 heterocycles. The van der Waals surface area contributed by atoms with E-state index in [1.807, 2.05) is 26.2 Å². The molecule has 8 heteroatoms. The van der Waals surface area contributed by atoms with Gasteiger partial charge in [0.15, 0.2) is 22.8 Å². The van der Waals surface area contributed by atoms with Crippen LogP contribution in [0.1, 0.15) is 78.1 Å². The number of aromatic nitrogens is 3. The molecule has 4 aliphatic rings. The van der Waals surface area contributed by atoms with Crippen molar-refractivity contribution in [2.75, 3.05) is 27.9 Å². The van der Waals surface area contributed by atoms with Crippen LogP contribution in [0.3, 0.4) is 0 Å². The van der Waals surface area contributed by atoms with Crippen molar-refractivity contribution in [3.05, 3.63) is 12.1 Å². The zero-order valence-corrected chi connectivity index (χ0v) is 24.9. The maximum Gasteiger partial charge on any atom is 0.190 e. The fraction of sp³-hybridized carbons (Fsp3) is 0.781. The van der Waals surface area contributed by atoms with Gasteiger partial charge in [0.05, 0.1) is 19.8 Å². The third-order valence-corrected chi connectivity index (χ3v) is 12.0. The predicted molar refractivity (Wildman–Crippen MR) is 152 cm³/mol. The molecule has 0 unspecified atom stereocenters. The first-order valence-corrected chi connectivity index (χ1v) is 15.4. The van der Waals surface area contributed by atoms with Gasteiger partial charge in [0, 0.05) is 19.6 Å². The Labute approximate surface area is 238 Å². The molecule has 1 aromatic heterocycles. The Balaban J connectivity index is 1.22. The van der Waals surface area contributed by atoms with E-state index in [4.69, 9.17) is 14.2 Å². The first kappa shape index (κ1) is 28.0. The standard InChI is InChI=1S/C32H47N3O5/c1-30(37)14-15-32(16-17-38-3)20(18-30)6-7-21-22-8-9-24(31(22,2)13-12-23(21)32)26(36)19-35-33-25-10-11-27(39-4)29(40-5)28(25)34-35/h10-11,20-24,37H,6-9,12-19H2,1-5H3/t20-,21-,22-,23-,24+,30+,31-,32+/m0/s1. The van der Waals surface area contributed by atoms with Crippen LogP contribution >= 0.6 is 0 Å². The van der Waals surface area contributed by atoms with Crippen LogP contribution < -0.4 is 9.47 Å². The average Bonchev–Trinajstić information content (AvgIpc) is 3.51. The lowest BCUT2D eigenvalue weighted by atomic mass is 9.42. The van der Waals surface area contributed by atoms with Gasteiger partial charge in [0.25, 0.3) is 0 Å². The van der Waals surface area contributed by atoms with E-state index < -0.39 is 5.60 Å². The number of ether oxygens (including phenoxy) is 3. The molecular weight excluding hydrogens is 506 g/mol. The van der Waals surface area contributed by atoms with Gasteiger partial charge in [0.1, 0.15) is 12.1 Å². The number of aliphatic hydroxyl groups is 1. The molecule has 40 heavy (non-hydrogen) atoms. The monoisotopic (exact) mass is 553 g/mol. The summed E-state index contributed by atoms with van der Waals surface area (Å²) < 4.78 is 16.6. The van der Waals surface area contributed by atoms with Crippen molar-refractivity contribution in [1.29, 1.82) is 0 Å². The lowest BCUT2D eigenvalue weighted by molar-refractivity contribution is -0.163. The van der Waals surface area contributed by atoms with E-state index in [-0.39, 0.29) is 29.1 Å². The Bertz CT molecular complexity index is 1260. The first-order valence-electron chi connectivity index (χ1n) is 15.4. The van der Waals surface area contributed by atoms with Crippen LogP contribution in [0.25, 0.3) is 11.0 Å². The zero-order chi connectivity index (χ0) is 28.3. The third-order valence-electron chi connectivity index (χ3n) is 12.0. The fourth-order valence-electron chi connectivity index (χ4n) is 10.2. The smallest absolute Gasteiger partial charge is 0.190 e. The number of hydrogen-bond donors (Lipinski definition) is 1.